The van der Waals surface area contributed by atoms with E-state index < -0.39 is 0 Å². The standard InChI is InChI=1S/C17H27N/c1-12(18-16-4-2-3-5-16)17-9-13-6-14(10-17)8-15(7-13)11-17/h2-3,12-16,18H,4-11H2,1H3. The highest BCUT2D eigenvalue weighted by Crippen LogP contribution is 2.61. The summed E-state index contributed by atoms with van der Waals surface area (Å²) >= 11 is 0. The van der Waals surface area contributed by atoms with Crippen LogP contribution >= 0.6 is 0 Å². The maximum atomic E-state index is 3.97. The lowest BCUT2D eigenvalue weighted by molar-refractivity contribution is -0.0719. The molecule has 1 nitrogen and oxygen atoms in total. The van der Waals surface area contributed by atoms with Gasteiger partial charge in [0.2, 0.25) is 0 Å². The van der Waals surface area contributed by atoms with Crippen LogP contribution in [0.4, 0.5) is 0 Å². The van der Waals surface area contributed by atoms with Gasteiger partial charge >= 0.3 is 0 Å². The minimum absolute atomic E-state index is 0.678. The van der Waals surface area contributed by atoms with Crippen molar-refractivity contribution >= 4 is 0 Å². The third kappa shape index (κ3) is 1.78. The van der Waals surface area contributed by atoms with Gasteiger partial charge < -0.3 is 5.32 Å². The van der Waals surface area contributed by atoms with Gasteiger partial charge in [0.25, 0.3) is 0 Å². The zero-order valence-corrected chi connectivity index (χ0v) is 11.7. The van der Waals surface area contributed by atoms with Gasteiger partial charge in [-0.25, -0.2) is 0 Å². The molecule has 18 heavy (non-hydrogen) atoms. The topological polar surface area (TPSA) is 12.0 Å². The van der Waals surface area contributed by atoms with Gasteiger partial charge in [-0.3, -0.25) is 0 Å². The third-order valence-corrected chi connectivity index (χ3v) is 6.50. The van der Waals surface area contributed by atoms with Crippen molar-refractivity contribution < 1.29 is 0 Å². The lowest BCUT2D eigenvalue weighted by atomic mass is 9.48. The molecule has 0 radical (unpaired) electrons. The van der Waals surface area contributed by atoms with Crippen molar-refractivity contribution in [3.8, 4) is 0 Å². The molecule has 1 unspecified atom stereocenters. The average molecular weight is 245 g/mol. The third-order valence-electron chi connectivity index (χ3n) is 6.50. The Morgan fingerprint density at radius 2 is 1.44 bits per heavy atom. The van der Waals surface area contributed by atoms with E-state index in [9.17, 15) is 0 Å². The van der Waals surface area contributed by atoms with Crippen LogP contribution in [0.3, 0.4) is 0 Å². The fraction of sp³-hybridized carbons (Fsp3) is 0.882. The summed E-state index contributed by atoms with van der Waals surface area (Å²) < 4.78 is 0. The van der Waals surface area contributed by atoms with Crippen molar-refractivity contribution in [3.63, 3.8) is 0 Å². The highest BCUT2D eigenvalue weighted by Gasteiger charge is 2.53. The van der Waals surface area contributed by atoms with Gasteiger partial charge in [0.15, 0.2) is 0 Å². The van der Waals surface area contributed by atoms with Gasteiger partial charge in [-0.05, 0) is 81.5 Å². The highest BCUT2D eigenvalue weighted by atomic mass is 15.0. The van der Waals surface area contributed by atoms with Crippen LogP contribution in [0.2, 0.25) is 0 Å². The van der Waals surface area contributed by atoms with Gasteiger partial charge in [0, 0.05) is 12.1 Å². The predicted molar refractivity (Wildman–Crippen MR) is 75.4 cm³/mol. The molecule has 1 heteroatoms. The first-order chi connectivity index (χ1) is 8.73. The van der Waals surface area contributed by atoms with E-state index >= 15 is 0 Å². The van der Waals surface area contributed by atoms with E-state index in [0.717, 1.165) is 29.8 Å². The highest BCUT2D eigenvalue weighted by molar-refractivity contribution is 5.07. The van der Waals surface area contributed by atoms with Crippen LogP contribution in [0.25, 0.3) is 0 Å². The Kier molecular flexibility index (Phi) is 2.62. The molecule has 4 saturated carbocycles. The van der Waals surface area contributed by atoms with Crippen molar-refractivity contribution in [1.82, 2.24) is 5.32 Å². The summed E-state index contributed by atoms with van der Waals surface area (Å²) in [5, 5.41) is 3.97. The smallest absolute Gasteiger partial charge is 0.0139 e. The Bertz CT molecular complexity index is 313. The van der Waals surface area contributed by atoms with E-state index in [0.29, 0.717) is 5.41 Å². The molecule has 100 valence electrons. The summed E-state index contributed by atoms with van der Waals surface area (Å²) in [6, 6.07) is 1.49. The molecule has 4 fully saturated rings. The average Bonchev–Trinajstić information content (AvgIpc) is 2.79. The van der Waals surface area contributed by atoms with Gasteiger partial charge in [0.05, 0.1) is 0 Å². The normalized spacial score (nSPS) is 47.9. The number of hydrogen-bond donors (Lipinski definition) is 1. The number of nitrogens with one attached hydrogen (secondary N) is 1. The molecule has 0 aliphatic heterocycles. The summed E-state index contributed by atoms with van der Waals surface area (Å²) in [5.41, 5.74) is 0.678. The number of hydrogen-bond acceptors (Lipinski definition) is 1. The lowest BCUT2D eigenvalue weighted by Gasteiger charge is -2.59. The van der Waals surface area contributed by atoms with Crippen LogP contribution in [0.15, 0.2) is 12.2 Å². The lowest BCUT2D eigenvalue weighted by Crippen LogP contribution is -2.56. The molecule has 0 amide bonds. The fourth-order valence-electron chi connectivity index (χ4n) is 5.99. The van der Waals surface area contributed by atoms with Crippen LogP contribution in [0.1, 0.15) is 58.3 Å². The minimum Gasteiger partial charge on any atom is -0.310 e. The monoisotopic (exact) mass is 245 g/mol. The zero-order valence-electron chi connectivity index (χ0n) is 11.7. The van der Waals surface area contributed by atoms with Gasteiger partial charge in [-0.2, -0.15) is 0 Å². The van der Waals surface area contributed by atoms with E-state index in [-0.39, 0.29) is 0 Å². The van der Waals surface area contributed by atoms with E-state index in [2.05, 4.69) is 24.4 Å². The number of rotatable bonds is 3. The first kappa shape index (κ1) is 11.5. The molecule has 0 aromatic rings. The molecule has 5 aliphatic carbocycles. The van der Waals surface area contributed by atoms with Crippen LogP contribution in [-0.2, 0) is 0 Å². The second-order valence-corrected chi connectivity index (χ2v) is 7.81. The van der Waals surface area contributed by atoms with Gasteiger partial charge in [-0.15, -0.1) is 0 Å². The van der Waals surface area contributed by atoms with Crippen LogP contribution < -0.4 is 5.32 Å². The molecule has 5 rings (SSSR count). The van der Waals surface area contributed by atoms with Crippen molar-refractivity contribution in [1.29, 1.82) is 0 Å². The Balaban J connectivity index is 1.49. The quantitative estimate of drug-likeness (QED) is 0.744. The second kappa shape index (κ2) is 4.10. The SMILES string of the molecule is CC(NC1CC=CC1)C12CC3CC(CC(C3)C1)C2. The first-order valence-electron chi connectivity index (χ1n) is 8.14. The summed E-state index contributed by atoms with van der Waals surface area (Å²) in [4.78, 5) is 0. The van der Waals surface area contributed by atoms with E-state index in [1.807, 2.05) is 0 Å². The molecule has 0 aromatic carbocycles. The fourth-order valence-corrected chi connectivity index (χ4v) is 5.99. The maximum absolute atomic E-state index is 3.97. The van der Waals surface area contributed by atoms with E-state index in [1.165, 1.54) is 32.1 Å². The summed E-state index contributed by atoms with van der Waals surface area (Å²) in [5.74, 6) is 3.26. The molecule has 0 saturated heterocycles. The second-order valence-electron chi connectivity index (χ2n) is 7.81. The molecule has 0 heterocycles. The predicted octanol–water partition coefficient (Wildman–Crippen LogP) is 3.90. The molecule has 4 bridgehead atoms. The molecule has 1 N–H and O–H groups in total. The Hall–Kier alpha value is -0.300. The molecule has 0 aromatic heterocycles. The van der Waals surface area contributed by atoms with Gasteiger partial charge in [-0.1, -0.05) is 12.2 Å². The maximum Gasteiger partial charge on any atom is 0.0139 e. The Morgan fingerprint density at radius 3 is 1.94 bits per heavy atom. The van der Waals surface area contributed by atoms with Crippen molar-refractivity contribution in [2.75, 3.05) is 0 Å². The zero-order chi connectivity index (χ0) is 12.2. The molecule has 0 spiro atoms. The van der Waals surface area contributed by atoms with Crippen molar-refractivity contribution in [2.45, 2.75) is 70.4 Å². The Labute approximate surface area is 111 Å². The molecular formula is C17H27N. The van der Waals surface area contributed by atoms with E-state index in [4.69, 9.17) is 0 Å². The molecule has 5 aliphatic rings. The molecular weight excluding hydrogens is 218 g/mol. The van der Waals surface area contributed by atoms with Crippen LogP contribution in [-0.4, -0.2) is 12.1 Å². The largest absolute Gasteiger partial charge is 0.310 e. The summed E-state index contributed by atoms with van der Waals surface area (Å²) in [6.07, 6.45) is 16.5. The van der Waals surface area contributed by atoms with E-state index in [1.54, 1.807) is 19.3 Å². The summed E-state index contributed by atoms with van der Waals surface area (Å²) in [6.45, 7) is 2.49. The van der Waals surface area contributed by atoms with Crippen LogP contribution in [0, 0.1) is 23.2 Å². The van der Waals surface area contributed by atoms with Crippen molar-refractivity contribution in [3.05, 3.63) is 12.2 Å². The van der Waals surface area contributed by atoms with Crippen LogP contribution in [0.5, 0.6) is 0 Å². The van der Waals surface area contributed by atoms with Gasteiger partial charge in [0.1, 0.15) is 0 Å². The molecule has 1 atom stereocenters. The Morgan fingerprint density at radius 1 is 0.944 bits per heavy atom. The first-order valence-corrected chi connectivity index (χ1v) is 8.14. The van der Waals surface area contributed by atoms with Crippen molar-refractivity contribution in [2.24, 2.45) is 23.2 Å². The minimum atomic E-state index is 0.678. The summed E-state index contributed by atoms with van der Waals surface area (Å²) in [7, 11) is 0.